The van der Waals surface area contributed by atoms with E-state index in [1.165, 1.54) is 4.90 Å². The minimum atomic E-state index is -0.980. The van der Waals surface area contributed by atoms with Gasteiger partial charge in [0.05, 0.1) is 0 Å². The second-order valence-corrected chi connectivity index (χ2v) is 6.29. The summed E-state index contributed by atoms with van der Waals surface area (Å²) < 4.78 is 0. The van der Waals surface area contributed by atoms with Crippen LogP contribution in [0.3, 0.4) is 0 Å². The molecule has 0 aromatic heterocycles. The lowest BCUT2D eigenvalue weighted by Gasteiger charge is -2.37. The molecule has 0 aromatic rings. The molecule has 2 amide bonds. The standard InChI is InChI=1S/C13H24N2O3/c1-9-6-10(9)7-14(5)12(18)15(8-11(16)17)13(2,3)4/h9-10H,6-8H2,1-5H3,(H,16,17). The molecule has 1 aliphatic carbocycles. The van der Waals surface area contributed by atoms with Gasteiger partial charge >= 0.3 is 12.0 Å². The number of carboxylic acids is 1. The molecule has 0 saturated heterocycles. The topological polar surface area (TPSA) is 60.9 Å². The number of nitrogens with zero attached hydrogens (tertiary/aromatic N) is 2. The molecule has 1 saturated carbocycles. The van der Waals surface area contributed by atoms with Gasteiger partial charge in [-0.15, -0.1) is 0 Å². The van der Waals surface area contributed by atoms with Crippen molar-refractivity contribution in [3.05, 3.63) is 0 Å². The first-order valence-corrected chi connectivity index (χ1v) is 6.37. The van der Waals surface area contributed by atoms with Crippen LogP contribution in [0.15, 0.2) is 0 Å². The number of amides is 2. The Labute approximate surface area is 109 Å². The van der Waals surface area contributed by atoms with Crippen LogP contribution in [-0.4, -0.2) is 52.6 Å². The zero-order valence-corrected chi connectivity index (χ0v) is 11.9. The Kier molecular flexibility index (Phi) is 4.24. The molecule has 0 spiro atoms. The monoisotopic (exact) mass is 256 g/mol. The molecule has 0 bridgehead atoms. The molecule has 0 aromatic carbocycles. The van der Waals surface area contributed by atoms with E-state index < -0.39 is 11.5 Å². The van der Waals surface area contributed by atoms with Crippen LogP contribution in [0.5, 0.6) is 0 Å². The van der Waals surface area contributed by atoms with Gasteiger partial charge in [0.2, 0.25) is 0 Å². The molecule has 5 heteroatoms. The van der Waals surface area contributed by atoms with Gasteiger partial charge in [0.1, 0.15) is 6.54 Å². The fraction of sp³-hybridized carbons (Fsp3) is 0.846. The average molecular weight is 256 g/mol. The van der Waals surface area contributed by atoms with Gasteiger partial charge in [-0.05, 0) is 39.0 Å². The molecule has 18 heavy (non-hydrogen) atoms. The molecule has 2 atom stereocenters. The number of rotatable bonds is 4. The summed E-state index contributed by atoms with van der Waals surface area (Å²) in [6.45, 7) is 8.17. The maximum Gasteiger partial charge on any atom is 0.323 e. The Hall–Kier alpha value is -1.26. The summed E-state index contributed by atoms with van der Waals surface area (Å²) in [5.74, 6) is 0.278. The summed E-state index contributed by atoms with van der Waals surface area (Å²) in [4.78, 5) is 26.2. The third-order valence-corrected chi connectivity index (χ3v) is 3.45. The molecule has 0 radical (unpaired) electrons. The van der Waals surface area contributed by atoms with Crippen LogP contribution in [0.25, 0.3) is 0 Å². The van der Waals surface area contributed by atoms with Crippen molar-refractivity contribution in [1.29, 1.82) is 0 Å². The van der Waals surface area contributed by atoms with Crippen molar-refractivity contribution in [3.8, 4) is 0 Å². The van der Waals surface area contributed by atoms with E-state index in [9.17, 15) is 9.59 Å². The van der Waals surface area contributed by atoms with Crippen LogP contribution in [0.1, 0.15) is 34.1 Å². The van der Waals surface area contributed by atoms with E-state index in [1.807, 2.05) is 20.8 Å². The Bertz CT molecular complexity index is 336. The van der Waals surface area contributed by atoms with E-state index in [0.717, 1.165) is 6.42 Å². The molecule has 1 aliphatic rings. The molecule has 104 valence electrons. The maximum absolute atomic E-state index is 12.3. The maximum atomic E-state index is 12.3. The average Bonchev–Trinajstić information content (AvgIpc) is 2.87. The summed E-state index contributed by atoms with van der Waals surface area (Å²) in [6, 6.07) is -0.205. The predicted octanol–water partition coefficient (Wildman–Crippen LogP) is 1.88. The highest BCUT2D eigenvalue weighted by Crippen LogP contribution is 2.38. The lowest BCUT2D eigenvalue weighted by molar-refractivity contribution is -0.138. The minimum Gasteiger partial charge on any atom is -0.480 e. The molecule has 1 rings (SSSR count). The Morgan fingerprint density at radius 1 is 1.33 bits per heavy atom. The summed E-state index contributed by atoms with van der Waals surface area (Å²) in [5, 5.41) is 8.90. The number of hydrogen-bond acceptors (Lipinski definition) is 2. The van der Waals surface area contributed by atoms with E-state index in [2.05, 4.69) is 6.92 Å². The van der Waals surface area contributed by atoms with Gasteiger partial charge in [0, 0.05) is 19.1 Å². The summed E-state index contributed by atoms with van der Waals surface area (Å²) >= 11 is 0. The summed E-state index contributed by atoms with van der Waals surface area (Å²) in [6.07, 6.45) is 1.16. The molecule has 1 fully saturated rings. The first-order valence-electron chi connectivity index (χ1n) is 6.37. The van der Waals surface area contributed by atoms with E-state index in [-0.39, 0.29) is 12.6 Å². The van der Waals surface area contributed by atoms with E-state index in [1.54, 1.807) is 11.9 Å². The Morgan fingerprint density at radius 3 is 2.17 bits per heavy atom. The number of hydrogen-bond donors (Lipinski definition) is 1. The van der Waals surface area contributed by atoms with Crippen molar-refractivity contribution in [2.45, 2.75) is 39.7 Å². The van der Waals surface area contributed by atoms with E-state index in [4.69, 9.17) is 5.11 Å². The number of aliphatic carboxylic acids is 1. The second kappa shape index (κ2) is 5.16. The lowest BCUT2D eigenvalue weighted by atomic mass is 10.1. The molecule has 0 aliphatic heterocycles. The second-order valence-electron chi connectivity index (χ2n) is 6.29. The van der Waals surface area contributed by atoms with Crippen molar-refractivity contribution in [1.82, 2.24) is 9.80 Å². The van der Waals surface area contributed by atoms with Gasteiger partial charge in [0.15, 0.2) is 0 Å². The number of carbonyl (C=O) groups excluding carboxylic acids is 1. The largest absolute Gasteiger partial charge is 0.480 e. The SMILES string of the molecule is CC1CC1CN(C)C(=O)N(CC(=O)O)C(C)(C)C. The number of carboxylic acid groups (broad SMARTS) is 1. The van der Waals surface area contributed by atoms with Gasteiger partial charge in [-0.3, -0.25) is 4.79 Å². The zero-order chi connectivity index (χ0) is 14.1. The molecule has 5 nitrogen and oxygen atoms in total. The highest BCUT2D eigenvalue weighted by molar-refractivity contribution is 5.80. The van der Waals surface area contributed by atoms with Gasteiger partial charge < -0.3 is 14.9 Å². The first-order chi connectivity index (χ1) is 8.12. The molecule has 1 N–H and O–H groups in total. The highest BCUT2D eigenvalue weighted by Gasteiger charge is 2.37. The van der Waals surface area contributed by atoms with Crippen molar-refractivity contribution in [2.24, 2.45) is 11.8 Å². The Morgan fingerprint density at radius 2 is 1.83 bits per heavy atom. The number of urea groups is 1. The molecule has 0 heterocycles. The van der Waals surface area contributed by atoms with Crippen LogP contribution in [-0.2, 0) is 4.79 Å². The van der Waals surface area contributed by atoms with Crippen LogP contribution in [0.4, 0.5) is 4.79 Å². The fourth-order valence-electron chi connectivity index (χ4n) is 2.02. The third-order valence-electron chi connectivity index (χ3n) is 3.45. The van der Waals surface area contributed by atoms with Gasteiger partial charge in [0.25, 0.3) is 0 Å². The third kappa shape index (κ3) is 3.89. The number of carbonyl (C=O) groups is 2. The summed E-state index contributed by atoms with van der Waals surface area (Å²) in [7, 11) is 1.74. The fourth-order valence-corrected chi connectivity index (χ4v) is 2.02. The van der Waals surface area contributed by atoms with Crippen LogP contribution in [0.2, 0.25) is 0 Å². The first kappa shape index (κ1) is 14.8. The predicted molar refractivity (Wildman–Crippen MR) is 69.4 cm³/mol. The van der Waals surface area contributed by atoms with Crippen LogP contribution >= 0.6 is 0 Å². The zero-order valence-electron chi connectivity index (χ0n) is 11.9. The Balaban J connectivity index is 2.65. The van der Waals surface area contributed by atoms with Crippen molar-refractivity contribution in [2.75, 3.05) is 20.1 Å². The van der Waals surface area contributed by atoms with Crippen LogP contribution in [0, 0.1) is 11.8 Å². The van der Waals surface area contributed by atoms with Crippen molar-refractivity contribution < 1.29 is 14.7 Å². The molecule has 2 unspecified atom stereocenters. The van der Waals surface area contributed by atoms with E-state index >= 15 is 0 Å². The van der Waals surface area contributed by atoms with Gasteiger partial charge in [-0.25, -0.2) is 4.79 Å². The van der Waals surface area contributed by atoms with Gasteiger partial charge in [-0.1, -0.05) is 6.92 Å². The van der Waals surface area contributed by atoms with Crippen LogP contribution < -0.4 is 0 Å². The molecular weight excluding hydrogens is 232 g/mol. The van der Waals surface area contributed by atoms with Crippen molar-refractivity contribution >= 4 is 12.0 Å². The van der Waals surface area contributed by atoms with Gasteiger partial charge in [-0.2, -0.15) is 0 Å². The van der Waals surface area contributed by atoms with E-state index in [0.29, 0.717) is 18.4 Å². The highest BCUT2D eigenvalue weighted by atomic mass is 16.4. The normalized spacial score (nSPS) is 22.5. The summed E-state index contributed by atoms with van der Waals surface area (Å²) in [5.41, 5.74) is -0.487. The minimum absolute atomic E-state index is 0.205. The lowest BCUT2D eigenvalue weighted by Crippen LogP contribution is -2.53. The molecular formula is C13H24N2O3. The quantitative estimate of drug-likeness (QED) is 0.835. The van der Waals surface area contributed by atoms with Crippen molar-refractivity contribution in [3.63, 3.8) is 0 Å². The smallest absolute Gasteiger partial charge is 0.323 e.